The average Bonchev–Trinajstić information content (AvgIpc) is 3.11. The van der Waals surface area contributed by atoms with Gasteiger partial charge in [0.15, 0.2) is 0 Å². The molecule has 0 bridgehead atoms. The number of ether oxygens (including phenoxy) is 1. The summed E-state index contributed by atoms with van der Waals surface area (Å²) >= 11 is 6.61. The lowest BCUT2D eigenvalue weighted by Gasteiger charge is -2.30. The van der Waals surface area contributed by atoms with Crippen LogP contribution < -0.4 is 0 Å². The molecule has 3 aromatic rings. The minimum atomic E-state index is 0.0173. The van der Waals surface area contributed by atoms with Gasteiger partial charge in [-0.25, -0.2) is 0 Å². The first-order chi connectivity index (χ1) is 12.6. The number of furan rings is 1. The number of nitrogens with zero attached hydrogens (tertiary/aromatic N) is 1. The van der Waals surface area contributed by atoms with Crippen molar-refractivity contribution >= 4 is 28.5 Å². The average molecular weight is 370 g/mol. The molecule has 0 aliphatic carbocycles. The van der Waals surface area contributed by atoms with Gasteiger partial charge in [-0.2, -0.15) is 0 Å². The van der Waals surface area contributed by atoms with E-state index in [4.69, 9.17) is 20.8 Å². The molecule has 134 valence electrons. The summed E-state index contributed by atoms with van der Waals surface area (Å²) in [7, 11) is 1.67. The van der Waals surface area contributed by atoms with E-state index in [2.05, 4.69) is 6.07 Å². The molecule has 0 atom stereocenters. The van der Waals surface area contributed by atoms with Crippen molar-refractivity contribution in [3.8, 4) is 0 Å². The predicted molar refractivity (Wildman–Crippen MR) is 102 cm³/mol. The van der Waals surface area contributed by atoms with Gasteiger partial charge in [-0.05, 0) is 53.8 Å². The number of hydrogen-bond donors (Lipinski definition) is 0. The maximum atomic E-state index is 12.9. The van der Waals surface area contributed by atoms with Gasteiger partial charge in [-0.1, -0.05) is 23.7 Å². The van der Waals surface area contributed by atoms with Gasteiger partial charge in [0.1, 0.15) is 5.58 Å². The third-order valence-corrected chi connectivity index (χ3v) is 5.51. The number of carbonyl (C=O) groups is 1. The van der Waals surface area contributed by atoms with Crippen molar-refractivity contribution in [2.45, 2.75) is 26.5 Å². The van der Waals surface area contributed by atoms with Crippen LogP contribution in [0.1, 0.15) is 32.6 Å². The van der Waals surface area contributed by atoms with Crippen LogP contribution in [0.25, 0.3) is 11.0 Å². The number of fused-ring (bicyclic) bond motifs is 2. The molecule has 0 unspecified atom stereocenters. The van der Waals surface area contributed by atoms with E-state index in [-0.39, 0.29) is 5.91 Å². The van der Waals surface area contributed by atoms with Crippen molar-refractivity contribution in [2.75, 3.05) is 13.7 Å². The van der Waals surface area contributed by atoms with Crippen molar-refractivity contribution in [3.63, 3.8) is 0 Å². The number of benzene rings is 2. The quantitative estimate of drug-likeness (QED) is 0.669. The van der Waals surface area contributed by atoms with Crippen LogP contribution in [0.5, 0.6) is 0 Å². The number of amides is 1. The van der Waals surface area contributed by atoms with Gasteiger partial charge < -0.3 is 14.1 Å². The molecule has 5 heteroatoms. The second-order valence-corrected chi connectivity index (χ2v) is 7.08. The number of carbonyl (C=O) groups excluding carboxylic acids is 1. The van der Waals surface area contributed by atoms with Gasteiger partial charge in [-0.15, -0.1) is 0 Å². The normalized spacial score (nSPS) is 13.9. The standard InChI is InChI=1S/C21H20ClNO3/c1-13-9-16-11-23(7-5-17(16)20(22)18(13)12-25-2)21(24)15-4-3-14-6-8-26-19(14)10-15/h3-4,6,8-10H,5,7,11-12H2,1-2H3. The number of hydrogen-bond acceptors (Lipinski definition) is 3. The lowest BCUT2D eigenvalue weighted by molar-refractivity contribution is 0.0734. The van der Waals surface area contributed by atoms with E-state index < -0.39 is 0 Å². The molecule has 0 fully saturated rings. The molecule has 4 nitrogen and oxygen atoms in total. The number of methoxy groups -OCH3 is 1. The van der Waals surface area contributed by atoms with Crippen LogP contribution in [0.2, 0.25) is 5.02 Å². The smallest absolute Gasteiger partial charge is 0.254 e. The first-order valence-electron chi connectivity index (χ1n) is 8.63. The van der Waals surface area contributed by atoms with Crippen molar-refractivity contribution in [1.82, 2.24) is 4.90 Å². The van der Waals surface area contributed by atoms with Crippen LogP contribution in [0.4, 0.5) is 0 Å². The topological polar surface area (TPSA) is 42.7 Å². The Bertz CT molecular complexity index is 992. The predicted octanol–water partition coefficient (Wildman–Crippen LogP) is 4.74. The molecule has 1 amide bonds. The maximum absolute atomic E-state index is 12.9. The molecule has 0 N–H and O–H groups in total. The van der Waals surface area contributed by atoms with Crippen LogP contribution in [0.3, 0.4) is 0 Å². The number of aryl methyl sites for hydroxylation is 1. The van der Waals surface area contributed by atoms with E-state index in [1.54, 1.807) is 13.4 Å². The fourth-order valence-corrected chi connectivity index (χ4v) is 4.06. The van der Waals surface area contributed by atoms with Gasteiger partial charge in [0.2, 0.25) is 0 Å². The van der Waals surface area contributed by atoms with Crippen LogP contribution in [-0.4, -0.2) is 24.5 Å². The van der Waals surface area contributed by atoms with Crippen LogP contribution in [0.15, 0.2) is 41.0 Å². The molecule has 2 aromatic carbocycles. The summed E-state index contributed by atoms with van der Waals surface area (Å²) in [6.45, 7) is 3.76. The van der Waals surface area contributed by atoms with Gasteiger partial charge >= 0.3 is 0 Å². The molecule has 1 aliphatic heterocycles. The van der Waals surface area contributed by atoms with E-state index in [0.717, 1.165) is 44.7 Å². The van der Waals surface area contributed by atoms with E-state index in [9.17, 15) is 4.79 Å². The fraction of sp³-hybridized carbons (Fsp3) is 0.286. The van der Waals surface area contributed by atoms with Crippen LogP contribution in [0, 0.1) is 6.92 Å². The monoisotopic (exact) mass is 369 g/mol. The van der Waals surface area contributed by atoms with Crippen molar-refractivity contribution in [1.29, 1.82) is 0 Å². The minimum absolute atomic E-state index is 0.0173. The zero-order valence-electron chi connectivity index (χ0n) is 14.8. The largest absolute Gasteiger partial charge is 0.464 e. The Labute approximate surface area is 157 Å². The molecule has 0 radical (unpaired) electrons. The SMILES string of the molecule is COCc1c(C)cc2c(c1Cl)CCN(C(=O)c1ccc3ccoc3c1)C2. The van der Waals surface area contributed by atoms with Crippen molar-refractivity contribution in [3.05, 3.63) is 69.4 Å². The molecular formula is C21H20ClNO3. The highest BCUT2D eigenvalue weighted by atomic mass is 35.5. The van der Waals surface area contributed by atoms with Gasteiger partial charge in [-0.3, -0.25) is 4.79 Å². The van der Waals surface area contributed by atoms with Crippen molar-refractivity contribution < 1.29 is 13.9 Å². The van der Waals surface area contributed by atoms with Gasteiger partial charge in [0, 0.05) is 36.2 Å². The summed E-state index contributed by atoms with van der Waals surface area (Å²) in [5.74, 6) is 0.0173. The third kappa shape index (κ3) is 2.89. The Morgan fingerprint density at radius 3 is 2.96 bits per heavy atom. The van der Waals surface area contributed by atoms with E-state index in [0.29, 0.717) is 25.3 Å². The second-order valence-electron chi connectivity index (χ2n) is 6.71. The minimum Gasteiger partial charge on any atom is -0.464 e. The summed E-state index contributed by atoms with van der Waals surface area (Å²) in [6.07, 6.45) is 2.39. The Morgan fingerprint density at radius 2 is 2.15 bits per heavy atom. The van der Waals surface area contributed by atoms with Crippen molar-refractivity contribution in [2.24, 2.45) is 0 Å². The summed E-state index contributed by atoms with van der Waals surface area (Å²) in [6, 6.07) is 9.61. The molecular weight excluding hydrogens is 350 g/mol. The molecule has 0 spiro atoms. The molecule has 2 heterocycles. The zero-order chi connectivity index (χ0) is 18.3. The van der Waals surface area contributed by atoms with E-state index in [1.165, 1.54) is 0 Å². The Kier molecular flexibility index (Phi) is 4.47. The molecule has 1 aliphatic rings. The van der Waals surface area contributed by atoms with E-state index >= 15 is 0 Å². The summed E-state index contributed by atoms with van der Waals surface area (Å²) < 4.78 is 10.7. The molecule has 0 saturated heterocycles. The number of halogens is 1. The first kappa shape index (κ1) is 17.1. The van der Waals surface area contributed by atoms with Gasteiger partial charge in [0.25, 0.3) is 5.91 Å². The maximum Gasteiger partial charge on any atom is 0.254 e. The summed E-state index contributed by atoms with van der Waals surface area (Å²) in [5.41, 5.74) is 5.77. The lowest BCUT2D eigenvalue weighted by Crippen LogP contribution is -2.36. The highest BCUT2D eigenvalue weighted by Crippen LogP contribution is 2.33. The summed E-state index contributed by atoms with van der Waals surface area (Å²) in [4.78, 5) is 14.8. The molecule has 1 aromatic heterocycles. The Morgan fingerprint density at radius 1 is 1.31 bits per heavy atom. The summed E-state index contributed by atoms with van der Waals surface area (Å²) in [5, 5.41) is 1.78. The van der Waals surface area contributed by atoms with Crippen LogP contribution in [-0.2, 0) is 24.3 Å². The highest BCUT2D eigenvalue weighted by molar-refractivity contribution is 6.32. The fourth-order valence-electron chi connectivity index (χ4n) is 3.64. The molecule has 4 rings (SSSR count). The molecule has 0 saturated carbocycles. The Hall–Kier alpha value is -2.30. The molecule has 26 heavy (non-hydrogen) atoms. The van der Waals surface area contributed by atoms with E-state index in [1.807, 2.05) is 36.1 Å². The highest BCUT2D eigenvalue weighted by Gasteiger charge is 2.25. The lowest BCUT2D eigenvalue weighted by atomic mass is 9.93. The number of rotatable bonds is 3. The third-order valence-electron chi connectivity index (χ3n) is 5.06. The first-order valence-corrected chi connectivity index (χ1v) is 9.01. The Balaban J connectivity index is 1.62. The van der Waals surface area contributed by atoms with Crippen LogP contribution >= 0.6 is 11.6 Å². The second kappa shape index (κ2) is 6.78. The zero-order valence-corrected chi connectivity index (χ0v) is 15.6. The van der Waals surface area contributed by atoms with Gasteiger partial charge in [0.05, 0.1) is 12.9 Å².